The normalized spacial score (nSPS) is 12.4. The molecule has 1 rings (SSSR count). The third-order valence-corrected chi connectivity index (χ3v) is 2.76. The first kappa shape index (κ1) is 13.5. The quantitative estimate of drug-likeness (QED) is 0.846. The van der Waals surface area contributed by atoms with Gasteiger partial charge >= 0.3 is 6.03 Å². The van der Waals surface area contributed by atoms with E-state index in [0.717, 1.165) is 11.3 Å². The molecule has 0 aliphatic heterocycles. The average Bonchev–Trinajstić information content (AvgIpc) is 2.28. The average molecular weight is 235 g/mol. The highest BCUT2D eigenvalue weighted by molar-refractivity contribution is 5.89. The lowest BCUT2D eigenvalue weighted by atomic mass is 10.1. The van der Waals surface area contributed by atoms with Gasteiger partial charge in [0.15, 0.2) is 0 Å². The molecule has 1 atom stereocenters. The Balaban J connectivity index is 2.75. The van der Waals surface area contributed by atoms with Gasteiger partial charge in [0.2, 0.25) is 0 Å². The van der Waals surface area contributed by atoms with Crippen molar-refractivity contribution in [3.63, 3.8) is 0 Å². The van der Waals surface area contributed by atoms with Gasteiger partial charge < -0.3 is 16.0 Å². The van der Waals surface area contributed by atoms with E-state index in [-0.39, 0.29) is 18.1 Å². The molecular formula is C13H21N3O. The van der Waals surface area contributed by atoms with Crippen molar-refractivity contribution in [3.05, 3.63) is 29.8 Å². The smallest absolute Gasteiger partial charge is 0.321 e. The van der Waals surface area contributed by atoms with E-state index in [1.54, 1.807) is 11.9 Å². The Labute approximate surface area is 103 Å². The molecule has 1 unspecified atom stereocenters. The number of amides is 2. The summed E-state index contributed by atoms with van der Waals surface area (Å²) in [5.74, 6) is 0. The van der Waals surface area contributed by atoms with Crippen molar-refractivity contribution in [1.82, 2.24) is 4.90 Å². The van der Waals surface area contributed by atoms with Gasteiger partial charge in [-0.05, 0) is 38.5 Å². The number of anilines is 1. The molecule has 17 heavy (non-hydrogen) atoms. The maximum atomic E-state index is 11.8. The number of rotatable bonds is 3. The highest BCUT2D eigenvalue weighted by Gasteiger charge is 2.11. The Hall–Kier alpha value is -1.55. The van der Waals surface area contributed by atoms with E-state index in [9.17, 15) is 4.79 Å². The zero-order valence-electron chi connectivity index (χ0n) is 10.9. The fourth-order valence-electron chi connectivity index (χ4n) is 1.35. The van der Waals surface area contributed by atoms with E-state index in [0.29, 0.717) is 0 Å². The van der Waals surface area contributed by atoms with Gasteiger partial charge in [-0.2, -0.15) is 0 Å². The van der Waals surface area contributed by atoms with Crippen LogP contribution < -0.4 is 11.1 Å². The van der Waals surface area contributed by atoms with Crippen LogP contribution in [0.2, 0.25) is 0 Å². The molecular weight excluding hydrogens is 214 g/mol. The molecule has 4 nitrogen and oxygen atoms in total. The summed E-state index contributed by atoms with van der Waals surface area (Å²) in [6, 6.07) is 7.63. The molecule has 0 spiro atoms. The van der Waals surface area contributed by atoms with Crippen LogP contribution in [-0.4, -0.2) is 24.0 Å². The number of nitrogens with one attached hydrogen (secondary N) is 1. The van der Waals surface area contributed by atoms with Crippen LogP contribution in [0.5, 0.6) is 0 Å². The van der Waals surface area contributed by atoms with Crippen LogP contribution in [0, 0.1) is 0 Å². The van der Waals surface area contributed by atoms with Crippen LogP contribution >= 0.6 is 0 Å². The second kappa shape index (κ2) is 5.68. The summed E-state index contributed by atoms with van der Waals surface area (Å²) in [7, 11) is 1.77. The number of carbonyl (C=O) groups excluding carboxylic acids is 1. The monoisotopic (exact) mass is 235 g/mol. The van der Waals surface area contributed by atoms with Crippen molar-refractivity contribution < 1.29 is 4.79 Å². The maximum Gasteiger partial charge on any atom is 0.321 e. The Kier molecular flexibility index (Phi) is 4.52. The lowest BCUT2D eigenvalue weighted by molar-refractivity contribution is 0.211. The highest BCUT2D eigenvalue weighted by atomic mass is 16.2. The standard InChI is InChI=1S/C13H21N3O/c1-9(2)16(4)13(17)15-12-7-5-6-11(8-12)10(3)14/h5-10H,14H2,1-4H3,(H,15,17). The third kappa shape index (κ3) is 3.75. The highest BCUT2D eigenvalue weighted by Crippen LogP contribution is 2.16. The first-order chi connectivity index (χ1) is 7.91. The Bertz CT molecular complexity index is 388. The topological polar surface area (TPSA) is 58.4 Å². The minimum absolute atomic E-state index is 0.0327. The first-order valence-corrected chi connectivity index (χ1v) is 5.81. The van der Waals surface area contributed by atoms with E-state index in [1.807, 2.05) is 45.0 Å². The van der Waals surface area contributed by atoms with Crippen LogP contribution in [0.1, 0.15) is 32.4 Å². The molecule has 0 fully saturated rings. The predicted octanol–water partition coefficient (Wildman–Crippen LogP) is 2.58. The number of hydrogen-bond donors (Lipinski definition) is 2. The second-order valence-corrected chi connectivity index (χ2v) is 4.55. The zero-order valence-corrected chi connectivity index (χ0v) is 10.9. The van der Waals surface area contributed by atoms with Gasteiger partial charge in [0.1, 0.15) is 0 Å². The molecule has 0 aromatic heterocycles. The first-order valence-electron chi connectivity index (χ1n) is 5.81. The molecule has 0 aliphatic rings. The molecule has 1 aromatic rings. The van der Waals surface area contributed by atoms with Crippen LogP contribution in [-0.2, 0) is 0 Å². The summed E-state index contributed by atoms with van der Waals surface area (Å²) in [4.78, 5) is 13.5. The van der Waals surface area contributed by atoms with Crippen molar-refractivity contribution in [1.29, 1.82) is 0 Å². The number of nitrogens with two attached hydrogens (primary N) is 1. The Morgan fingerprint density at radius 1 is 1.35 bits per heavy atom. The summed E-state index contributed by atoms with van der Waals surface area (Å²) in [6.07, 6.45) is 0. The van der Waals surface area contributed by atoms with Crippen LogP contribution in [0.25, 0.3) is 0 Å². The lowest BCUT2D eigenvalue weighted by Gasteiger charge is -2.22. The van der Waals surface area contributed by atoms with E-state index >= 15 is 0 Å². The van der Waals surface area contributed by atoms with E-state index < -0.39 is 0 Å². The summed E-state index contributed by atoms with van der Waals surface area (Å²) >= 11 is 0. The zero-order chi connectivity index (χ0) is 13.0. The van der Waals surface area contributed by atoms with Gasteiger partial charge in [-0.3, -0.25) is 0 Å². The number of nitrogens with zero attached hydrogens (tertiary/aromatic N) is 1. The summed E-state index contributed by atoms with van der Waals surface area (Å²) < 4.78 is 0. The fraction of sp³-hybridized carbons (Fsp3) is 0.462. The van der Waals surface area contributed by atoms with E-state index in [2.05, 4.69) is 5.32 Å². The Morgan fingerprint density at radius 2 is 2.00 bits per heavy atom. The van der Waals surface area contributed by atoms with Crippen LogP contribution in [0.4, 0.5) is 10.5 Å². The molecule has 2 amide bonds. The third-order valence-electron chi connectivity index (χ3n) is 2.76. The molecule has 0 saturated heterocycles. The van der Waals surface area contributed by atoms with Gasteiger partial charge in [-0.25, -0.2) is 4.79 Å². The molecule has 3 N–H and O–H groups in total. The van der Waals surface area contributed by atoms with Gasteiger partial charge in [-0.1, -0.05) is 12.1 Å². The van der Waals surface area contributed by atoms with Crippen LogP contribution in [0.3, 0.4) is 0 Å². The Morgan fingerprint density at radius 3 is 2.53 bits per heavy atom. The number of urea groups is 1. The minimum Gasteiger partial charge on any atom is -0.325 e. The number of benzene rings is 1. The van der Waals surface area contributed by atoms with Crippen LogP contribution in [0.15, 0.2) is 24.3 Å². The van der Waals surface area contributed by atoms with Crippen molar-refractivity contribution in [2.45, 2.75) is 32.9 Å². The minimum atomic E-state index is -0.109. The molecule has 0 saturated carbocycles. The van der Waals surface area contributed by atoms with Crippen molar-refractivity contribution >= 4 is 11.7 Å². The van der Waals surface area contributed by atoms with Gasteiger partial charge in [0.25, 0.3) is 0 Å². The summed E-state index contributed by atoms with van der Waals surface area (Å²) in [5, 5.41) is 2.85. The van der Waals surface area contributed by atoms with Crippen molar-refractivity contribution in [2.24, 2.45) is 5.73 Å². The number of hydrogen-bond acceptors (Lipinski definition) is 2. The van der Waals surface area contributed by atoms with E-state index in [4.69, 9.17) is 5.73 Å². The molecule has 0 radical (unpaired) electrons. The molecule has 94 valence electrons. The molecule has 0 aliphatic carbocycles. The van der Waals surface area contributed by atoms with E-state index in [1.165, 1.54) is 0 Å². The fourth-order valence-corrected chi connectivity index (χ4v) is 1.35. The SMILES string of the molecule is CC(N)c1cccc(NC(=O)N(C)C(C)C)c1. The summed E-state index contributed by atoms with van der Waals surface area (Å²) in [5.41, 5.74) is 7.58. The molecule has 1 aromatic carbocycles. The van der Waals surface area contributed by atoms with Gasteiger partial charge in [0, 0.05) is 24.8 Å². The largest absolute Gasteiger partial charge is 0.325 e. The molecule has 0 heterocycles. The molecule has 4 heteroatoms. The second-order valence-electron chi connectivity index (χ2n) is 4.55. The lowest BCUT2D eigenvalue weighted by Crippen LogP contribution is -2.36. The summed E-state index contributed by atoms with van der Waals surface area (Å²) in [6.45, 7) is 5.86. The molecule has 0 bridgehead atoms. The maximum absolute atomic E-state index is 11.8. The number of carbonyl (C=O) groups is 1. The van der Waals surface area contributed by atoms with Gasteiger partial charge in [0.05, 0.1) is 0 Å². The van der Waals surface area contributed by atoms with Gasteiger partial charge in [-0.15, -0.1) is 0 Å². The van der Waals surface area contributed by atoms with Crippen molar-refractivity contribution in [3.8, 4) is 0 Å². The predicted molar refractivity (Wildman–Crippen MR) is 71.0 cm³/mol. The van der Waals surface area contributed by atoms with Crippen molar-refractivity contribution in [2.75, 3.05) is 12.4 Å².